The number of amides is 1. The fourth-order valence-corrected chi connectivity index (χ4v) is 4.28. The van der Waals surface area contributed by atoms with Crippen molar-refractivity contribution in [1.82, 2.24) is 25.4 Å². The number of aryl methyl sites for hydroxylation is 2. The molecule has 2 fully saturated rings. The van der Waals surface area contributed by atoms with Crippen LogP contribution in [0.3, 0.4) is 0 Å². The zero-order chi connectivity index (χ0) is 22.9. The molecule has 1 amide bonds. The number of likely N-dealkylation sites (tertiary alicyclic amines) is 2. The highest BCUT2D eigenvalue weighted by molar-refractivity contribution is 5.80. The summed E-state index contributed by atoms with van der Waals surface area (Å²) in [7, 11) is 0. The van der Waals surface area contributed by atoms with Crippen LogP contribution in [-0.4, -0.2) is 78.8 Å². The highest BCUT2D eigenvalue weighted by Crippen LogP contribution is 2.20. The van der Waals surface area contributed by atoms with Crippen LogP contribution in [0.4, 0.5) is 4.79 Å². The summed E-state index contributed by atoms with van der Waals surface area (Å²) >= 11 is 0. The highest BCUT2D eigenvalue weighted by atomic mass is 16.6. The van der Waals surface area contributed by atoms with E-state index < -0.39 is 0 Å². The molecule has 32 heavy (non-hydrogen) atoms. The molecule has 0 atom stereocenters. The van der Waals surface area contributed by atoms with Gasteiger partial charge in [-0.1, -0.05) is 0 Å². The molecule has 1 aromatic rings. The molecule has 3 rings (SSSR count). The van der Waals surface area contributed by atoms with Gasteiger partial charge in [-0.15, -0.1) is 0 Å². The van der Waals surface area contributed by atoms with Crippen LogP contribution in [0.1, 0.15) is 56.9 Å². The Balaban J connectivity index is 1.41. The first-order chi connectivity index (χ1) is 15.5. The Hall–Kier alpha value is -2.29. The number of ether oxygens (including phenoxy) is 1. The van der Waals surface area contributed by atoms with Crippen LogP contribution in [0, 0.1) is 19.8 Å². The van der Waals surface area contributed by atoms with Gasteiger partial charge in [-0.3, -0.25) is 9.89 Å². The van der Waals surface area contributed by atoms with Gasteiger partial charge in [0.2, 0.25) is 5.89 Å². The average molecular weight is 449 g/mol. The van der Waals surface area contributed by atoms with Gasteiger partial charge in [0.1, 0.15) is 5.76 Å². The summed E-state index contributed by atoms with van der Waals surface area (Å²) in [6.45, 7) is 14.3. The van der Waals surface area contributed by atoms with E-state index in [1.807, 2.05) is 20.8 Å². The lowest BCUT2D eigenvalue weighted by molar-refractivity contribution is 0.0963. The van der Waals surface area contributed by atoms with Crippen LogP contribution >= 0.6 is 0 Å². The number of hydrogen-bond donors (Lipinski definition) is 2. The summed E-state index contributed by atoms with van der Waals surface area (Å²) in [5.74, 6) is 3.22. The second-order valence-corrected chi connectivity index (χ2v) is 8.79. The molecular weight excluding hydrogens is 408 g/mol. The molecule has 9 nitrogen and oxygen atoms in total. The summed E-state index contributed by atoms with van der Waals surface area (Å²) in [5, 5.41) is 6.94. The molecule has 0 aliphatic carbocycles. The number of guanidine groups is 1. The predicted octanol–water partition coefficient (Wildman–Crippen LogP) is 2.68. The third-order valence-electron chi connectivity index (χ3n) is 6.35. The standard InChI is InChI=1S/C23H40N6O3/c1-5-24-22(27-20-9-13-29(14-10-20)23(30)31-6-2)25-15-19-7-11-28(12-8-19)16-21-26-17(3)18(4)32-21/h19-20H,5-16H2,1-4H3,(H2,24,25,27). The maximum atomic E-state index is 11.9. The molecule has 1 aromatic heterocycles. The van der Waals surface area contributed by atoms with E-state index in [4.69, 9.17) is 14.1 Å². The summed E-state index contributed by atoms with van der Waals surface area (Å²) in [5.41, 5.74) is 0.985. The van der Waals surface area contributed by atoms with E-state index in [0.29, 0.717) is 18.6 Å². The third-order valence-corrected chi connectivity index (χ3v) is 6.35. The molecule has 0 saturated carbocycles. The minimum absolute atomic E-state index is 0.203. The van der Waals surface area contributed by atoms with Crippen molar-refractivity contribution in [2.24, 2.45) is 10.9 Å². The van der Waals surface area contributed by atoms with E-state index in [-0.39, 0.29) is 6.09 Å². The predicted molar refractivity (Wildman–Crippen MR) is 125 cm³/mol. The van der Waals surface area contributed by atoms with Gasteiger partial charge < -0.3 is 24.7 Å². The van der Waals surface area contributed by atoms with Crippen LogP contribution in [0.25, 0.3) is 0 Å². The van der Waals surface area contributed by atoms with Crippen LogP contribution in [0.15, 0.2) is 9.41 Å². The lowest BCUT2D eigenvalue weighted by Gasteiger charge is -2.33. The smallest absolute Gasteiger partial charge is 0.409 e. The summed E-state index contributed by atoms with van der Waals surface area (Å²) in [4.78, 5) is 25.5. The van der Waals surface area contributed by atoms with Crippen LogP contribution in [-0.2, 0) is 11.3 Å². The van der Waals surface area contributed by atoms with Crippen molar-refractivity contribution in [1.29, 1.82) is 0 Å². The molecule has 0 spiro atoms. The molecule has 9 heteroatoms. The van der Waals surface area contributed by atoms with Crippen molar-refractivity contribution in [3.8, 4) is 0 Å². The number of hydrogen-bond acceptors (Lipinski definition) is 6. The number of aromatic nitrogens is 1. The molecule has 0 unspecified atom stereocenters. The van der Waals surface area contributed by atoms with Gasteiger partial charge in [0.15, 0.2) is 5.96 Å². The summed E-state index contributed by atoms with van der Waals surface area (Å²) in [6, 6.07) is 0.327. The largest absolute Gasteiger partial charge is 0.450 e. The molecule has 0 aromatic carbocycles. The number of carbonyl (C=O) groups excluding carboxylic acids is 1. The molecule has 0 bridgehead atoms. The molecule has 2 N–H and O–H groups in total. The van der Waals surface area contributed by atoms with E-state index in [0.717, 1.165) is 94.8 Å². The Morgan fingerprint density at radius 1 is 1.16 bits per heavy atom. The Labute approximate surface area is 192 Å². The van der Waals surface area contributed by atoms with Crippen molar-refractivity contribution in [2.45, 2.75) is 66.0 Å². The number of aliphatic imine (C=N–C) groups is 1. The second-order valence-electron chi connectivity index (χ2n) is 8.79. The normalized spacial score (nSPS) is 19.2. The number of piperidine rings is 2. The molecule has 2 saturated heterocycles. The van der Waals surface area contributed by atoms with Gasteiger partial charge in [-0.2, -0.15) is 0 Å². The number of nitrogens with zero attached hydrogens (tertiary/aromatic N) is 4. The topological polar surface area (TPSA) is 95.2 Å². The zero-order valence-corrected chi connectivity index (χ0v) is 20.2. The van der Waals surface area contributed by atoms with Crippen molar-refractivity contribution in [3.63, 3.8) is 0 Å². The van der Waals surface area contributed by atoms with Crippen molar-refractivity contribution in [2.75, 3.05) is 45.9 Å². The van der Waals surface area contributed by atoms with E-state index in [9.17, 15) is 4.79 Å². The lowest BCUT2D eigenvalue weighted by Crippen LogP contribution is -2.50. The first kappa shape index (κ1) is 24.4. The monoisotopic (exact) mass is 448 g/mol. The number of nitrogens with one attached hydrogen (secondary N) is 2. The van der Waals surface area contributed by atoms with Crippen molar-refractivity contribution in [3.05, 3.63) is 17.3 Å². The molecule has 2 aliphatic heterocycles. The zero-order valence-electron chi connectivity index (χ0n) is 20.2. The van der Waals surface area contributed by atoms with Crippen LogP contribution in [0.5, 0.6) is 0 Å². The Morgan fingerprint density at radius 2 is 1.88 bits per heavy atom. The van der Waals surface area contributed by atoms with Gasteiger partial charge in [0.25, 0.3) is 0 Å². The molecule has 2 aliphatic rings. The number of carbonyl (C=O) groups is 1. The minimum Gasteiger partial charge on any atom is -0.450 e. The Kier molecular flexibility index (Phi) is 9.20. The van der Waals surface area contributed by atoms with E-state index in [1.165, 1.54) is 0 Å². The SMILES string of the molecule is CCNC(=NCC1CCN(Cc2nc(C)c(C)o2)CC1)NC1CCN(C(=O)OCC)CC1. The van der Waals surface area contributed by atoms with Gasteiger partial charge in [-0.25, -0.2) is 9.78 Å². The molecular formula is C23H40N6O3. The fraction of sp³-hybridized carbons (Fsp3) is 0.783. The van der Waals surface area contributed by atoms with Crippen LogP contribution in [0.2, 0.25) is 0 Å². The Bertz CT molecular complexity index is 729. The van der Waals surface area contributed by atoms with Gasteiger partial charge in [0, 0.05) is 32.2 Å². The first-order valence-electron chi connectivity index (χ1n) is 12.1. The number of rotatable bonds is 7. The van der Waals surface area contributed by atoms with Gasteiger partial charge in [0.05, 0.1) is 18.8 Å². The molecule has 3 heterocycles. The summed E-state index contributed by atoms with van der Waals surface area (Å²) in [6.07, 6.45) is 3.88. The van der Waals surface area contributed by atoms with Crippen molar-refractivity contribution < 1.29 is 13.9 Å². The van der Waals surface area contributed by atoms with E-state index in [2.05, 4.69) is 27.4 Å². The third kappa shape index (κ3) is 7.12. The lowest BCUT2D eigenvalue weighted by atomic mass is 9.97. The summed E-state index contributed by atoms with van der Waals surface area (Å²) < 4.78 is 10.8. The molecule has 0 radical (unpaired) electrons. The van der Waals surface area contributed by atoms with E-state index >= 15 is 0 Å². The maximum Gasteiger partial charge on any atom is 0.409 e. The second kappa shape index (κ2) is 12.1. The van der Waals surface area contributed by atoms with Gasteiger partial charge >= 0.3 is 6.09 Å². The quantitative estimate of drug-likeness (QED) is 0.489. The fourth-order valence-electron chi connectivity index (χ4n) is 4.28. The first-order valence-corrected chi connectivity index (χ1v) is 12.1. The van der Waals surface area contributed by atoms with E-state index in [1.54, 1.807) is 4.90 Å². The highest BCUT2D eigenvalue weighted by Gasteiger charge is 2.25. The number of oxazole rings is 1. The minimum atomic E-state index is -0.203. The van der Waals surface area contributed by atoms with Gasteiger partial charge in [-0.05, 0) is 72.4 Å². The Morgan fingerprint density at radius 3 is 2.47 bits per heavy atom. The maximum absolute atomic E-state index is 11.9. The van der Waals surface area contributed by atoms with Crippen LogP contribution < -0.4 is 10.6 Å². The average Bonchev–Trinajstić information content (AvgIpc) is 3.10. The van der Waals surface area contributed by atoms with Crippen molar-refractivity contribution >= 4 is 12.1 Å². The molecule has 180 valence electrons.